The second-order valence-corrected chi connectivity index (χ2v) is 4.39. The smallest absolute Gasteiger partial charge is 0.282 e. The van der Waals surface area contributed by atoms with E-state index in [9.17, 15) is 14.9 Å². The fourth-order valence-corrected chi connectivity index (χ4v) is 1.81. The van der Waals surface area contributed by atoms with E-state index in [1.54, 1.807) is 6.08 Å². The maximum absolute atomic E-state index is 12.4. The van der Waals surface area contributed by atoms with E-state index in [0.717, 1.165) is 0 Å². The fourth-order valence-electron chi connectivity index (χ4n) is 1.64. The first kappa shape index (κ1) is 16.1. The molecule has 0 saturated carbocycles. The molecule has 0 fully saturated rings. The molecule has 0 saturated heterocycles. The SMILES string of the molecule is C=CCN(CCOC)C(=O)c1cc(Cl)ccc1[N+](=O)[O-]. The van der Waals surface area contributed by atoms with Crippen LogP contribution in [0.15, 0.2) is 30.9 Å². The predicted molar refractivity (Wildman–Crippen MR) is 76.1 cm³/mol. The summed E-state index contributed by atoms with van der Waals surface area (Å²) in [5, 5.41) is 11.2. The van der Waals surface area contributed by atoms with Crippen LogP contribution in [-0.2, 0) is 4.74 Å². The summed E-state index contributed by atoms with van der Waals surface area (Å²) in [6.07, 6.45) is 1.55. The van der Waals surface area contributed by atoms with Crippen LogP contribution in [0, 0.1) is 10.1 Å². The van der Waals surface area contributed by atoms with Gasteiger partial charge in [0.15, 0.2) is 0 Å². The molecule has 0 aromatic heterocycles. The molecule has 1 amide bonds. The molecule has 20 heavy (non-hydrogen) atoms. The Bertz CT molecular complexity index is 519. The number of rotatable bonds is 7. The number of nitro groups is 1. The zero-order valence-electron chi connectivity index (χ0n) is 11.0. The van der Waals surface area contributed by atoms with E-state index in [1.807, 2.05) is 0 Å². The summed E-state index contributed by atoms with van der Waals surface area (Å²) in [5.74, 6) is -0.476. The van der Waals surface area contributed by atoms with Crippen molar-refractivity contribution in [1.82, 2.24) is 4.90 Å². The summed E-state index contributed by atoms with van der Waals surface area (Å²) in [6.45, 7) is 4.47. The molecule has 0 N–H and O–H groups in total. The van der Waals surface area contributed by atoms with Crippen molar-refractivity contribution < 1.29 is 14.5 Å². The maximum atomic E-state index is 12.4. The number of methoxy groups -OCH3 is 1. The number of benzene rings is 1. The number of carbonyl (C=O) groups excluding carboxylic acids is 1. The van der Waals surface area contributed by atoms with E-state index >= 15 is 0 Å². The molecule has 1 aromatic carbocycles. The Morgan fingerprint density at radius 2 is 2.30 bits per heavy atom. The van der Waals surface area contributed by atoms with Crippen LogP contribution >= 0.6 is 11.6 Å². The van der Waals surface area contributed by atoms with Gasteiger partial charge in [0, 0.05) is 31.3 Å². The van der Waals surface area contributed by atoms with E-state index in [2.05, 4.69) is 6.58 Å². The van der Waals surface area contributed by atoms with Gasteiger partial charge in [-0.2, -0.15) is 0 Å². The van der Waals surface area contributed by atoms with Gasteiger partial charge >= 0.3 is 0 Å². The molecule has 0 aliphatic carbocycles. The molecule has 7 heteroatoms. The van der Waals surface area contributed by atoms with Gasteiger partial charge in [-0.25, -0.2) is 0 Å². The van der Waals surface area contributed by atoms with Crippen molar-refractivity contribution in [3.05, 3.63) is 51.6 Å². The van der Waals surface area contributed by atoms with E-state index < -0.39 is 10.8 Å². The van der Waals surface area contributed by atoms with Crippen LogP contribution in [0.1, 0.15) is 10.4 Å². The first-order valence-corrected chi connectivity index (χ1v) is 6.22. The van der Waals surface area contributed by atoms with Gasteiger partial charge in [-0.1, -0.05) is 17.7 Å². The molecule has 0 bridgehead atoms. The van der Waals surface area contributed by atoms with Crippen LogP contribution in [0.5, 0.6) is 0 Å². The summed E-state index contributed by atoms with van der Waals surface area (Å²) < 4.78 is 4.92. The van der Waals surface area contributed by atoms with Crippen molar-refractivity contribution >= 4 is 23.2 Å². The molecule has 0 spiro atoms. The van der Waals surface area contributed by atoms with Gasteiger partial charge in [0.2, 0.25) is 0 Å². The molecule has 1 rings (SSSR count). The second kappa shape index (κ2) is 7.62. The molecular formula is C13H15ClN2O4. The Morgan fingerprint density at radius 1 is 1.60 bits per heavy atom. The highest BCUT2D eigenvalue weighted by Gasteiger charge is 2.24. The molecule has 0 radical (unpaired) electrons. The average Bonchev–Trinajstić information content (AvgIpc) is 2.42. The number of carbonyl (C=O) groups is 1. The minimum atomic E-state index is -0.605. The van der Waals surface area contributed by atoms with Gasteiger partial charge in [0.1, 0.15) is 5.56 Å². The lowest BCUT2D eigenvalue weighted by molar-refractivity contribution is -0.385. The summed E-state index contributed by atoms with van der Waals surface area (Å²) in [4.78, 5) is 24.2. The Morgan fingerprint density at radius 3 is 2.85 bits per heavy atom. The molecule has 0 atom stereocenters. The molecule has 6 nitrogen and oxygen atoms in total. The van der Waals surface area contributed by atoms with Crippen molar-refractivity contribution in [2.75, 3.05) is 26.8 Å². The topological polar surface area (TPSA) is 72.7 Å². The summed E-state index contributed by atoms with van der Waals surface area (Å²) in [6, 6.07) is 3.90. The highest BCUT2D eigenvalue weighted by atomic mass is 35.5. The highest BCUT2D eigenvalue weighted by Crippen LogP contribution is 2.24. The summed E-state index contributed by atoms with van der Waals surface area (Å²) >= 11 is 5.81. The Hall–Kier alpha value is -1.92. The lowest BCUT2D eigenvalue weighted by Crippen LogP contribution is -2.34. The number of nitro benzene ring substituents is 1. The number of halogens is 1. The number of nitrogens with zero attached hydrogens (tertiary/aromatic N) is 2. The van der Waals surface area contributed by atoms with E-state index in [1.165, 1.54) is 30.2 Å². The first-order valence-electron chi connectivity index (χ1n) is 5.84. The fraction of sp³-hybridized carbons (Fsp3) is 0.308. The van der Waals surface area contributed by atoms with Crippen LogP contribution < -0.4 is 0 Å². The van der Waals surface area contributed by atoms with Crippen molar-refractivity contribution in [3.63, 3.8) is 0 Å². The molecule has 1 aromatic rings. The number of hydrogen-bond donors (Lipinski definition) is 0. The van der Waals surface area contributed by atoms with Gasteiger partial charge in [-0.05, 0) is 12.1 Å². The Labute approximate surface area is 121 Å². The first-order chi connectivity index (χ1) is 9.51. The highest BCUT2D eigenvalue weighted by molar-refractivity contribution is 6.31. The molecule has 0 unspecified atom stereocenters. The molecule has 0 aliphatic rings. The average molecular weight is 299 g/mol. The molecular weight excluding hydrogens is 284 g/mol. The van der Waals surface area contributed by atoms with Crippen LogP contribution in [0.3, 0.4) is 0 Å². The van der Waals surface area contributed by atoms with Crippen LogP contribution in [0.4, 0.5) is 5.69 Å². The normalized spacial score (nSPS) is 10.1. The van der Waals surface area contributed by atoms with Crippen molar-refractivity contribution in [2.24, 2.45) is 0 Å². The van der Waals surface area contributed by atoms with Crippen molar-refractivity contribution in [3.8, 4) is 0 Å². The van der Waals surface area contributed by atoms with E-state index in [0.29, 0.717) is 13.2 Å². The monoisotopic (exact) mass is 298 g/mol. The molecule has 0 heterocycles. The van der Waals surface area contributed by atoms with Gasteiger partial charge in [-0.15, -0.1) is 6.58 Å². The Kier molecular flexibility index (Phi) is 6.14. The number of amides is 1. The van der Waals surface area contributed by atoms with Crippen molar-refractivity contribution in [1.29, 1.82) is 0 Å². The van der Waals surface area contributed by atoms with Gasteiger partial charge < -0.3 is 9.64 Å². The van der Waals surface area contributed by atoms with E-state index in [-0.39, 0.29) is 22.8 Å². The van der Waals surface area contributed by atoms with Gasteiger partial charge in [-0.3, -0.25) is 14.9 Å². The van der Waals surface area contributed by atoms with Gasteiger partial charge in [0.05, 0.1) is 11.5 Å². The lowest BCUT2D eigenvalue weighted by Gasteiger charge is -2.20. The minimum Gasteiger partial charge on any atom is -0.383 e. The third kappa shape index (κ3) is 4.04. The van der Waals surface area contributed by atoms with E-state index in [4.69, 9.17) is 16.3 Å². The molecule has 108 valence electrons. The zero-order chi connectivity index (χ0) is 15.1. The van der Waals surface area contributed by atoms with Crippen LogP contribution in [0.2, 0.25) is 5.02 Å². The maximum Gasteiger partial charge on any atom is 0.282 e. The zero-order valence-corrected chi connectivity index (χ0v) is 11.8. The predicted octanol–water partition coefficient (Wildman–Crippen LogP) is 2.52. The van der Waals surface area contributed by atoms with Gasteiger partial charge in [0.25, 0.3) is 11.6 Å². The lowest BCUT2D eigenvalue weighted by atomic mass is 10.1. The molecule has 0 aliphatic heterocycles. The third-order valence-corrected chi connectivity index (χ3v) is 2.82. The van der Waals surface area contributed by atoms with Crippen molar-refractivity contribution in [2.45, 2.75) is 0 Å². The summed E-state index contributed by atoms with van der Waals surface area (Å²) in [7, 11) is 1.51. The number of hydrogen-bond acceptors (Lipinski definition) is 4. The van der Waals surface area contributed by atoms with Crippen LogP contribution in [-0.4, -0.2) is 42.5 Å². The minimum absolute atomic E-state index is 0.0412. The third-order valence-electron chi connectivity index (χ3n) is 2.59. The summed E-state index contributed by atoms with van der Waals surface area (Å²) in [5.41, 5.74) is -0.314. The quantitative estimate of drug-likeness (QED) is 0.440. The van der Waals surface area contributed by atoms with Crippen LogP contribution in [0.25, 0.3) is 0 Å². The standard InChI is InChI=1S/C13H15ClN2O4/c1-3-6-15(7-8-20-2)13(17)11-9-10(14)4-5-12(11)16(18)19/h3-5,9H,1,6-8H2,2H3. The largest absolute Gasteiger partial charge is 0.383 e. The second-order valence-electron chi connectivity index (χ2n) is 3.95. The Balaban J connectivity index is 3.12. The number of ether oxygens (including phenoxy) is 1.